The molecule has 0 spiro atoms. The van der Waals surface area contributed by atoms with E-state index in [2.05, 4.69) is 51.3 Å². The van der Waals surface area contributed by atoms with Crippen molar-refractivity contribution in [1.29, 1.82) is 0 Å². The van der Waals surface area contributed by atoms with Gasteiger partial charge in [-0.2, -0.15) is 5.10 Å². The Morgan fingerprint density at radius 2 is 1.96 bits per heavy atom. The zero-order chi connectivity index (χ0) is 18.0. The molecule has 25 heavy (non-hydrogen) atoms. The number of piperazine rings is 1. The summed E-state index contributed by atoms with van der Waals surface area (Å²) in [6.07, 6.45) is 2.32. The maximum atomic E-state index is 13.0. The smallest absolute Gasteiger partial charge is 0.239 e. The van der Waals surface area contributed by atoms with Crippen molar-refractivity contribution in [2.45, 2.75) is 59.2 Å². The van der Waals surface area contributed by atoms with Crippen molar-refractivity contribution in [2.24, 2.45) is 0 Å². The van der Waals surface area contributed by atoms with Crippen LogP contribution in [0.15, 0.2) is 6.07 Å². The van der Waals surface area contributed by atoms with Crippen molar-refractivity contribution >= 4 is 5.91 Å². The largest absolute Gasteiger partial charge is 0.339 e. The molecule has 0 bridgehead atoms. The molecule has 1 aromatic heterocycles. The van der Waals surface area contributed by atoms with Gasteiger partial charge in [0.15, 0.2) is 0 Å². The number of carbonyl (C=O) groups excluding carboxylic acids is 1. The van der Waals surface area contributed by atoms with Gasteiger partial charge in [-0.15, -0.1) is 0 Å². The molecule has 0 radical (unpaired) electrons. The SMILES string of the molecule is CCN1CCN(C(=O)[C@H](C)N2CCC[C@@H]2Cn2nc(C)cc2C)CC1. The van der Waals surface area contributed by atoms with Gasteiger partial charge in [-0.3, -0.25) is 14.4 Å². The molecule has 0 unspecified atom stereocenters. The van der Waals surface area contributed by atoms with Gasteiger partial charge >= 0.3 is 0 Å². The van der Waals surface area contributed by atoms with Gasteiger partial charge in [0.2, 0.25) is 5.91 Å². The minimum atomic E-state index is -0.0300. The first-order chi connectivity index (χ1) is 12.0. The van der Waals surface area contributed by atoms with E-state index in [-0.39, 0.29) is 6.04 Å². The van der Waals surface area contributed by atoms with Crippen molar-refractivity contribution in [1.82, 2.24) is 24.5 Å². The molecular formula is C19H33N5O. The number of hydrogen-bond acceptors (Lipinski definition) is 4. The molecule has 0 aliphatic carbocycles. The van der Waals surface area contributed by atoms with Crippen LogP contribution in [-0.4, -0.2) is 81.7 Å². The molecule has 3 heterocycles. The predicted molar refractivity (Wildman–Crippen MR) is 99.6 cm³/mol. The number of rotatable bonds is 5. The van der Waals surface area contributed by atoms with E-state index in [4.69, 9.17) is 0 Å². The Bertz CT molecular complexity index is 591. The normalized spacial score (nSPS) is 24.0. The van der Waals surface area contributed by atoms with E-state index in [0.717, 1.165) is 57.9 Å². The number of aromatic nitrogens is 2. The van der Waals surface area contributed by atoms with E-state index in [1.807, 2.05) is 6.92 Å². The first-order valence-corrected chi connectivity index (χ1v) is 9.77. The topological polar surface area (TPSA) is 44.6 Å². The highest BCUT2D eigenvalue weighted by atomic mass is 16.2. The van der Waals surface area contributed by atoms with E-state index in [9.17, 15) is 4.79 Å². The quantitative estimate of drug-likeness (QED) is 0.810. The van der Waals surface area contributed by atoms with Crippen molar-refractivity contribution in [3.05, 3.63) is 17.5 Å². The summed E-state index contributed by atoms with van der Waals surface area (Å²) in [6, 6.07) is 2.51. The van der Waals surface area contributed by atoms with Crippen LogP contribution in [0.2, 0.25) is 0 Å². The summed E-state index contributed by atoms with van der Waals surface area (Å²) in [5.74, 6) is 0.302. The Kier molecular flexibility index (Phi) is 5.79. The van der Waals surface area contributed by atoms with Crippen LogP contribution in [0.5, 0.6) is 0 Å². The van der Waals surface area contributed by atoms with Gasteiger partial charge in [0.05, 0.1) is 18.3 Å². The van der Waals surface area contributed by atoms with Crippen LogP contribution in [-0.2, 0) is 11.3 Å². The molecule has 0 N–H and O–H groups in total. The first-order valence-electron chi connectivity index (χ1n) is 9.77. The summed E-state index contributed by atoms with van der Waals surface area (Å²) >= 11 is 0. The Labute approximate surface area is 151 Å². The summed E-state index contributed by atoms with van der Waals surface area (Å²) in [5.41, 5.74) is 2.28. The second-order valence-corrected chi connectivity index (χ2v) is 7.58. The van der Waals surface area contributed by atoms with Gasteiger partial charge in [0.1, 0.15) is 0 Å². The fourth-order valence-corrected chi connectivity index (χ4v) is 4.31. The van der Waals surface area contributed by atoms with Gasteiger partial charge in [0.25, 0.3) is 0 Å². The predicted octanol–water partition coefficient (Wildman–Crippen LogP) is 1.52. The molecule has 2 aliphatic rings. The molecule has 140 valence electrons. The van der Waals surface area contributed by atoms with Gasteiger partial charge < -0.3 is 9.80 Å². The molecule has 0 saturated carbocycles. The monoisotopic (exact) mass is 347 g/mol. The molecule has 1 aromatic rings. The van der Waals surface area contributed by atoms with Gasteiger partial charge in [0, 0.05) is 37.9 Å². The minimum absolute atomic E-state index is 0.0300. The molecule has 2 fully saturated rings. The lowest BCUT2D eigenvalue weighted by Gasteiger charge is -2.38. The van der Waals surface area contributed by atoms with Crippen molar-refractivity contribution in [3.8, 4) is 0 Å². The average molecular weight is 348 g/mol. The van der Waals surface area contributed by atoms with Crippen LogP contribution in [0.3, 0.4) is 0 Å². The van der Waals surface area contributed by atoms with E-state index in [0.29, 0.717) is 11.9 Å². The number of carbonyl (C=O) groups is 1. The molecule has 6 heteroatoms. The van der Waals surface area contributed by atoms with Gasteiger partial charge in [-0.25, -0.2) is 0 Å². The maximum absolute atomic E-state index is 13.0. The summed E-state index contributed by atoms with van der Waals surface area (Å²) in [5, 5.41) is 4.61. The number of aryl methyl sites for hydroxylation is 2. The number of likely N-dealkylation sites (tertiary alicyclic amines) is 1. The van der Waals surface area contributed by atoms with Crippen molar-refractivity contribution < 1.29 is 4.79 Å². The van der Waals surface area contributed by atoms with E-state index < -0.39 is 0 Å². The zero-order valence-corrected chi connectivity index (χ0v) is 16.2. The van der Waals surface area contributed by atoms with Gasteiger partial charge in [-0.05, 0) is 52.8 Å². The summed E-state index contributed by atoms with van der Waals surface area (Å²) < 4.78 is 2.11. The highest BCUT2D eigenvalue weighted by Crippen LogP contribution is 2.23. The van der Waals surface area contributed by atoms with Crippen LogP contribution < -0.4 is 0 Å². The molecule has 2 aliphatic heterocycles. The molecule has 2 saturated heterocycles. The average Bonchev–Trinajstić information content (AvgIpc) is 3.20. The lowest BCUT2D eigenvalue weighted by Crippen LogP contribution is -2.55. The number of nitrogens with zero attached hydrogens (tertiary/aromatic N) is 5. The Balaban J connectivity index is 1.61. The summed E-state index contributed by atoms with van der Waals surface area (Å²) in [6.45, 7) is 15.2. The molecule has 3 rings (SSSR count). The number of hydrogen-bond donors (Lipinski definition) is 0. The zero-order valence-electron chi connectivity index (χ0n) is 16.2. The second kappa shape index (κ2) is 7.87. The minimum Gasteiger partial charge on any atom is -0.339 e. The molecule has 6 nitrogen and oxygen atoms in total. The molecule has 1 amide bonds. The van der Waals surface area contributed by atoms with Crippen LogP contribution in [0.25, 0.3) is 0 Å². The summed E-state index contributed by atoms with van der Waals surface area (Å²) in [4.78, 5) is 19.9. The van der Waals surface area contributed by atoms with Crippen LogP contribution in [0, 0.1) is 13.8 Å². The molecular weight excluding hydrogens is 314 g/mol. The van der Waals surface area contributed by atoms with Crippen LogP contribution in [0.4, 0.5) is 0 Å². The standard InChI is InChI=1S/C19H33N5O/c1-5-21-9-11-22(12-10-21)19(25)17(4)23-8-6-7-18(23)14-24-16(3)13-15(2)20-24/h13,17-18H,5-12,14H2,1-4H3/t17-,18+/m0/s1. The lowest BCUT2D eigenvalue weighted by molar-refractivity contribution is -0.138. The number of likely N-dealkylation sites (N-methyl/N-ethyl adjacent to an activating group) is 1. The van der Waals surface area contributed by atoms with Gasteiger partial charge in [-0.1, -0.05) is 6.92 Å². The molecule has 0 aromatic carbocycles. The third kappa shape index (κ3) is 4.06. The molecule has 2 atom stereocenters. The third-order valence-electron chi connectivity index (χ3n) is 5.90. The van der Waals surface area contributed by atoms with E-state index in [1.165, 1.54) is 12.1 Å². The highest BCUT2D eigenvalue weighted by molar-refractivity contribution is 5.81. The lowest BCUT2D eigenvalue weighted by atomic mass is 10.1. The fraction of sp³-hybridized carbons (Fsp3) is 0.789. The third-order valence-corrected chi connectivity index (χ3v) is 5.90. The van der Waals surface area contributed by atoms with Crippen LogP contribution in [0.1, 0.15) is 38.1 Å². The van der Waals surface area contributed by atoms with Crippen LogP contribution >= 0.6 is 0 Å². The fourth-order valence-electron chi connectivity index (χ4n) is 4.31. The second-order valence-electron chi connectivity index (χ2n) is 7.58. The maximum Gasteiger partial charge on any atom is 0.239 e. The first kappa shape index (κ1) is 18.4. The Morgan fingerprint density at radius 1 is 1.24 bits per heavy atom. The highest BCUT2D eigenvalue weighted by Gasteiger charge is 2.35. The summed E-state index contributed by atoms with van der Waals surface area (Å²) in [7, 11) is 0. The van der Waals surface area contributed by atoms with E-state index >= 15 is 0 Å². The van der Waals surface area contributed by atoms with E-state index in [1.54, 1.807) is 0 Å². The number of amides is 1. The van der Waals surface area contributed by atoms with Crippen molar-refractivity contribution in [2.75, 3.05) is 39.3 Å². The Hall–Kier alpha value is -1.40. The Morgan fingerprint density at radius 3 is 2.56 bits per heavy atom. The van der Waals surface area contributed by atoms with Crippen molar-refractivity contribution in [3.63, 3.8) is 0 Å².